The molecule has 0 aromatic heterocycles. The van der Waals surface area contributed by atoms with E-state index in [1.54, 1.807) is 6.92 Å². The van der Waals surface area contributed by atoms with Crippen LogP contribution >= 0.6 is 11.6 Å². The molecule has 0 radical (unpaired) electrons. The van der Waals surface area contributed by atoms with Gasteiger partial charge in [-0.1, -0.05) is 36.7 Å². The Morgan fingerprint density at radius 1 is 1.36 bits per heavy atom. The van der Waals surface area contributed by atoms with Crippen LogP contribution in [0.25, 0.3) is 0 Å². The molecule has 1 aliphatic rings. The molecule has 136 valence electrons. The average molecular weight is 367 g/mol. The van der Waals surface area contributed by atoms with E-state index >= 15 is 0 Å². The third-order valence-electron chi connectivity index (χ3n) is 4.22. The van der Waals surface area contributed by atoms with Gasteiger partial charge in [-0.15, -0.1) is 0 Å². The summed E-state index contributed by atoms with van der Waals surface area (Å²) in [6.45, 7) is 6.46. The third kappa shape index (κ3) is 4.74. The Labute approximate surface area is 153 Å². The van der Waals surface area contributed by atoms with Gasteiger partial charge in [-0.25, -0.2) is 9.59 Å². The van der Waals surface area contributed by atoms with Crippen LogP contribution in [-0.2, 0) is 9.53 Å². The minimum Gasteiger partial charge on any atom is -0.463 e. The number of urea groups is 1. The zero-order valence-electron chi connectivity index (χ0n) is 14.8. The SMILES string of the molecule is CCOC(=O)C1=C(C[NH2+][C@H](C)c2ccccc2Cl)NC(=O)N[C@H]1CC. The maximum absolute atomic E-state index is 12.3. The van der Waals surface area contributed by atoms with Crippen molar-refractivity contribution in [2.24, 2.45) is 0 Å². The Kier molecular flexibility index (Phi) is 6.84. The molecule has 2 rings (SSSR count). The van der Waals surface area contributed by atoms with Crippen molar-refractivity contribution in [1.29, 1.82) is 0 Å². The van der Waals surface area contributed by atoms with Gasteiger partial charge in [0.15, 0.2) is 0 Å². The number of hydrogen-bond donors (Lipinski definition) is 3. The number of benzene rings is 1. The van der Waals surface area contributed by atoms with Gasteiger partial charge in [-0.2, -0.15) is 0 Å². The van der Waals surface area contributed by atoms with E-state index in [0.29, 0.717) is 35.9 Å². The van der Waals surface area contributed by atoms with Crippen molar-refractivity contribution in [3.63, 3.8) is 0 Å². The van der Waals surface area contributed by atoms with Crippen molar-refractivity contribution < 1.29 is 19.6 Å². The second kappa shape index (κ2) is 8.87. The van der Waals surface area contributed by atoms with E-state index in [-0.39, 0.29) is 18.1 Å². The first-order valence-corrected chi connectivity index (χ1v) is 8.91. The van der Waals surface area contributed by atoms with Gasteiger partial charge < -0.3 is 20.7 Å². The third-order valence-corrected chi connectivity index (χ3v) is 4.56. The molecule has 0 aliphatic carbocycles. The number of esters is 1. The lowest BCUT2D eigenvalue weighted by molar-refractivity contribution is -0.686. The molecule has 25 heavy (non-hydrogen) atoms. The normalized spacial score (nSPS) is 18.4. The Hall–Kier alpha value is -2.05. The second-order valence-electron chi connectivity index (χ2n) is 5.92. The predicted molar refractivity (Wildman–Crippen MR) is 96.1 cm³/mol. The predicted octanol–water partition coefficient (Wildman–Crippen LogP) is 1.87. The number of ether oxygens (including phenoxy) is 1. The Morgan fingerprint density at radius 3 is 2.72 bits per heavy atom. The first kappa shape index (κ1) is 19.3. The number of rotatable bonds is 7. The number of carbonyl (C=O) groups excluding carboxylic acids is 2. The van der Waals surface area contributed by atoms with Gasteiger partial charge in [0.1, 0.15) is 12.6 Å². The van der Waals surface area contributed by atoms with Crippen molar-refractivity contribution >= 4 is 23.6 Å². The lowest BCUT2D eigenvalue weighted by Gasteiger charge is -2.28. The molecule has 4 N–H and O–H groups in total. The molecule has 2 atom stereocenters. The summed E-state index contributed by atoms with van der Waals surface area (Å²) in [5.41, 5.74) is 2.09. The van der Waals surface area contributed by atoms with Crippen molar-refractivity contribution in [2.75, 3.05) is 13.2 Å². The topological polar surface area (TPSA) is 84.0 Å². The van der Waals surface area contributed by atoms with Crippen LogP contribution in [0.15, 0.2) is 35.5 Å². The molecular formula is C18H25ClN3O3+. The van der Waals surface area contributed by atoms with E-state index in [0.717, 1.165) is 5.56 Å². The summed E-state index contributed by atoms with van der Waals surface area (Å²) in [7, 11) is 0. The smallest absolute Gasteiger partial charge is 0.338 e. The minimum atomic E-state index is -0.393. The van der Waals surface area contributed by atoms with Gasteiger partial charge >= 0.3 is 12.0 Å². The highest BCUT2D eigenvalue weighted by atomic mass is 35.5. The molecule has 1 heterocycles. The molecule has 0 unspecified atom stereocenters. The van der Waals surface area contributed by atoms with Gasteiger partial charge in [0.2, 0.25) is 0 Å². The van der Waals surface area contributed by atoms with E-state index in [9.17, 15) is 9.59 Å². The van der Waals surface area contributed by atoms with Gasteiger partial charge in [-0.3, -0.25) is 0 Å². The van der Waals surface area contributed by atoms with Crippen LogP contribution in [0.1, 0.15) is 38.8 Å². The standard InChI is InChI=1S/C18H24ClN3O3/c1-4-14-16(17(23)25-5-2)15(22-18(24)21-14)10-20-11(3)12-8-6-7-9-13(12)19/h6-9,11,14,20H,4-5,10H2,1-3H3,(H2,21,22,24)/p+1/t11-,14+/m1/s1. The fourth-order valence-corrected chi connectivity index (χ4v) is 3.20. The summed E-state index contributed by atoms with van der Waals surface area (Å²) in [4.78, 5) is 24.2. The highest BCUT2D eigenvalue weighted by Crippen LogP contribution is 2.20. The van der Waals surface area contributed by atoms with E-state index in [4.69, 9.17) is 16.3 Å². The monoisotopic (exact) mass is 366 g/mol. The maximum atomic E-state index is 12.3. The molecule has 7 heteroatoms. The fourth-order valence-electron chi connectivity index (χ4n) is 2.89. The van der Waals surface area contributed by atoms with Crippen LogP contribution in [0.3, 0.4) is 0 Å². The Balaban J connectivity index is 2.21. The first-order chi connectivity index (χ1) is 12.0. The Bertz CT molecular complexity index is 675. The summed E-state index contributed by atoms with van der Waals surface area (Å²) >= 11 is 6.24. The molecule has 0 saturated heterocycles. The number of nitrogens with two attached hydrogens (primary N) is 1. The molecule has 0 bridgehead atoms. The zero-order valence-corrected chi connectivity index (χ0v) is 15.5. The molecule has 6 nitrogen and oxygen atoms in total. The van der Waals surface area contributed by atoms with Gasteiger partial charge in [0.25, 0.3) is 0 Å². The van der Waals surface area contributed by atoms with Crippen LogP contribution in [0.5, 0.6) is 0 Å². The van der Waals surface area contributed by atoms with Crippen LogP contribution in [0.4, 0.5) is 4.79 Å². The summed E-state index contributed by atoms with van der Waals surface area (Å²) in [5, 5.41) is 8.26. The quantitative estimate of drug-likeness (QED) is 0.644. The van der Waals surface area contributed by atoms with Gasteiger partial charge in [0.05, 0.1) is 23.9 Å². The number of halogens is 1. The van der Waals surface area contributed by atoms with Gasteiger partial charge in [-0.05, 0) is 26.3 Å². The van der Waals surface area contributed by atoms with Crippen LogP contribution in [0, 0.1) is 0 Å². The molecule has 1 aromatic rings. The lowest BCUT2D eigenvalue weighted by atomic mass is 10.00. The molecule has 1 aromatic carbocycles. The summed E-state index contributed by atoms with van der Waals surface area (Å²) in [6.07, 6.45) is 0.616. The zero-order chi connectivity index (χ0) is 18.4. The molecule has 2 amide bonds. The van der Waals surface area contributed by atoms with Gasteiger partial charge in [0, 0.05) is 10.6 Å². The van der Waals surface area contributed by atoms with E-state index in [1.807, 2.05) is 43.4 Å². The second-order valence-corrected chi connectivity index (χ2v) is 6.33. The number of carbonyl (C=O) groups is 2. The summed E-state index contributed by atoms with van der Waals surface area (Å²) in [6, 6.07) is 7.09. The average Bonchev–Trinajstić information content (AvgIpc) is 2.59. The molecule has 1 aliphatic heterocycles. The van der Waals surface area contributed by atoms with Crippen molar-refractivity contribution in [1.82, 2.24) is 10.6 Å². The fraction of sp³-hybridized carbons (Fsp3) is 0.444. The number of hydrogen-bond acceptors (Lipinski definition) is 3. The number of amides is 2. The van der Waals surface area contributed by atoms with Crippen molar-refractivity contribution in [2.45, 2.75) is 39.3 Å². The lowest BCUT2D eigenvalue weighted by Crippen LogP contribution is -2.86. The Morgan fingerprint density at radius 2 is 2.08 bits per heavy atom. The molecule has 0 fully saturated rings. The maximum Gasteiger partial charge on any atom is 0.338 e. The number of quaternary nitrogens is 1. The summed E-state index contributed by atoms with van der Waals surface area (Å²) < 4.78 is 5.17. The minimum absolute atomic E-state index is 0.0801. The van der Waals surface area contributed by atoms with E-state index in [2.05, 4.69) is 10.6 Å². The van der Waals surface area contributed by atoms with Crippen LogP contribution in [-0.4, -0.2) is 31.2 Å². The summed E-state index contributed by atoms with van der Waals surface area (Å²) in [5.74, 6) is -0.393. The molecule has 0 saturated carbocycles. The van der Waals surface area contributed by atoms with Crippen molar-refractivity contribution in [3.8, 4) is 0 Å². The largest absolute Gasteiger partial charge is 0.463 e. The highest BCUT2D eigenvalue weighted by molar-refractivity contribution is 6.31. The van der Waals surface area contributed by atoms with Crippen molar-refractivity contribution in [3.05, 3.63) is 46.1 Å². The van der Waals surface area contributed by atoms with Crippen LogP contribution in [0.2, 0.25) is 5.02 Å². The molecule has 0 spiro atoms. The van der Waals surface area contributed by atoms with E-state index in [1.165, 1.54) is 0 Å². The van der Waals surface area contributed by atoms with E-state index < -0.39 is 5.97 Å². The first-order valence-electron chi connectivity index (χ1n) is 8.53. The highest BCUT2D eigenvalue weighted by Gasteiger charge is 2.32. The number of nitrogens with one attached hydrogen (secondary N) is 2. The van der Waals surface area contributed by atoms with Crippen LogP contribution < -0.4 is 16.0 Å². The molecular weight excluding hydrogens is 342 g/mol.